The number of imidazole rings is 1. The summed E-state index contributed by atoms with van der Waals surface area (Å²) in [6, 6.07) is 40.7. The van der Waals surface area contributed by atoms with E-state index in [9.17, 15) is 0 Å². The minimum atomic E-state index is -2.84. The molecule has 61 heavy (non-hydrogen) atoms. The van der Waals surface area contributed by atoms with Crippen molar-refractivity contribution < 1.29 is 18.4 Å². The predicted molar refractivity (Wildman–Crippen MR) is 256 cm³/mol. The highest BCUT2D eigenvalue weighted by Crippen LogP contribution is 2.44. The second kappa shape index (κ2) is 15.9. The molecule has 4 heteroatoms. The van der Waals surface area contributed by atoms with Crippen LogP contribution in [0, 0.1) is 27.6 Å². The van der Waals surface area contributed by atoms with E-state index >= 15 is 0 Å². The molecule has 2 aromatic heterocycles. The van der Waals surface area contributed by atoms with E-state index in [1.54, 1.807) is 31.5 Å². The Morgan fingerprint density at radius 1 is 0.574 bits per heavy atom. The first-order valence-corrected chi connectivity index (χ1v) is 20.3. The average molecular weight is 804 g/mol. The van der Waals surface area contributed by atoms with Gasteiger partial charge < -0.3 is 4.74 Å². The summed E-state index contributed by atoms with van der Waals surface area (Å²) in [5.41, 5.74) is 11.0. The van der Waals surface area contributed by atoms with Crippen molar-refractivity contribution in [1.82, 2.24) is 14.5 Å². The molecule has 2 heterocycles. The van der Waals surface area contributed by atoms with E-state index in [4.69, 9.17) is 28.4 Å². The maximum absolute atomic E-state index is 8.85. The standard InChI is InChI=1S/C57H51N3O/c1-36-22-24-40(25-23-36)43-26-27-58-51(34-43)45-31-44(32-46(33-45)57(5,6)7)47-20-15-21-52-54(47)59-56(50-29-37(2)28-39(4)55(50)61-8)60(52)53-35-48(41-16-11-9-12-17-41)38(3)30-49(53)42-18-13-10-14-19-42/h9-35H,1-8H3/i1D3,3D3,22D,23D,24D,25D. The molecule has 0 bridgehead atoms. The van der Waals surface area contributed by atoms with Gasteiger partial charge in [0, 0.05) is 31.1 Å². The molecule has 0 unspecified atom stereocenters. The molecule has 0 atom stereocenters. The monoisotopic (exact) mass is 803 g/mol. The third-order valence-corrected chi connectivity index (χ3v) is 11.2. The van der Waals surface area contributed by atoms with Crippen LogP contribution in [0.5, 0.6) is 5.75 Å². The van der Waals surface area contributed by atoms with Crippen molar-refractivity contribution in [3.8, 4) is 78.6 Å². The summed E-state index contributed by atoms with van der Waals surface area (Å²) in [7, 11) is 1.65. The van der Waals surface area contributed by atoms with Crippen LogP contribution in [-0.4, -0.2) is 21.6 Å². The molecule has 300 valence electrons. The Labute approximate surface area is 374 Å². The first-order chi connectivity index (χ1) is 33.6. The van der Waals surface area contributed by atoms with Crippen LogP contribution in [0.1, 0.15) is 62.3 Å². The quantitative estimate of drug-likeness (QED) is 0.154. The number of hydrogen-bond donors (Lipinski definition) is 0. The number of aryl methyl sites for hydroxylation is 3. The van der Waals surface area contributed by atoms with Crippen molar-refractivity contribution in [3.05, 3.63) is 192 Å². The highest BCUT2D eigenvalue weighted by Gasteiger charge is 2.25. The van der Waals surface area contributed by atoms with Gasteiger partial charge in [-0.05, 0) is 137 Å². The fourth-order valence-electron chi connectivity index (χ4n) is 8.19. The molecule has 4 nitrogen and oxygen atoms in total. The van der Waals surface area contributed by atoms with Gasteiger partial charge in [0.15, 0.2) is 0 Å². The molecule has 0 amide bonds. The van der Waals surface area contributed by atoms with E-state index in [1.165, 1.54) is 0 Å². The molecule has 0 aliphatic heterocycles. The molecular weight excluding hydrogens is 743 g/mol. The molecule has 0 spiro atoms. The van der Waals surface area contributed by atoms with E-state index in [0.717, 1.165) is 55.6 Å². The molecule has 0 radical (unpaired) electrons. The molecule has 0 fully saturated rings. The molecule has 0 N–H and O–H groups in total. The van der Waals surface area contributed by atoms with E-state index in [2.05, 4.69) is 49.6 Å². The molecule has 0 aliphatic rings. The normalized spacial score (nSPS) is 14.4. The molecular formula is C57H51N3O. The fourth-order valence-corrected chi connectivity index (χ4v) is 8.19. The van der Waals surface area contributed by atoms with E-state index in [1.807, 2.05) is 105 Å². The third-order valence-electron chi connectivity index (χ3n) is 11.2. The summed E-state index contributed by atoms with van der Waals surface area (Å²) >= 11 is 0. The summed E-state index contributed by atoms with van der Waals surface area (Å²) < 4.78 is 93.3. The van der Waals surface area contributed by atoms with Gasteiger partial charge in [0.25, 0.3) is 0 Å². The van der Waals surface area contributed by atoms with Crippen molar-refractivity contribution >= 4 is 11.0 Å². The highest BCUT2D eigenvalue weighted by molar-refractivity contribution is 5.98. The van der Waals surface area contributed by atoms with Crippen molar-refractivity contribution in [2.24, 2.45) is 0 Å². The Morgan fingerprint density at radius 2 is 1.30 bits per heavy atom. The van der Waals surface area contributed by atoms with Gasteiger partial charge >= 0.3 is 0 Å². The van der Waals surface area contributed by atoms with E-state index in [0.29, 0.717) is 45.2 Å². The molecule has 7 aromatic carbocycles. The number of aromatic nitrogens is 3. The van der Waals surface area contributed by atoms with Gasteiger partial charge in [-0.2, -0.15) is 0 Å². The van der Waals surface area contributed by atoms with Crippen LogP contribution in [-0.2, 0) is 5.41 Å². The summed E-state index contributed by atoms with van der Waals surface area (Å²) in [6.45, 7) is 5.11. The number of rotatable bonds is 8. The molecule has 9 aromatic rings. The molecule has 0 aliphatic carbocycles. The number of fused-ring (bicyclic) bond motifs is 1. The minimum Gasteiger partial charge on any atom is -0.496 e. The van der Waals surface area contributed by atoms with Crippen molar-refractivity contribution in [2.45, 2.75) is 53.7 Å². The second-order valence-corrected chi connectivity index (χ2v) is 16.5. The number of benzene rings is 7. The number of nitrogens with zero attached hydrogens (tertiary/aromatic N) is 3. The lowest BCUT2D eigenvalue weighted by Crippen LogP contribution is -2.11. The van der Waals surface area contributed by atoms with Gasteiger partial charge in [-0.1, -0.05) is 135 Å². The fraction of sp³-hybridized carbons (Fsp3) is 0.158. The number of para-hydroxylation sites is 1. The zero-order chi connectivity index (χ0) is 50.9. The molecule has 0 saturated heterocycles. The Bertz CT molecular complexity index is 3510. The number of methoxy groups -OCH3 is 1. The van der Waals surface area contributed by atoms with E-state index < -0.39 is 43.4 Å². The second-order valence-electron chi connectivity index (χ2n) is 16.5. The van der Waals surface area contributed by atoms with E-state index in [-0.39, 0.29) is 16.5 Å². The zero-order valence-electron chi connectivity index (χ0n) is 45.0. The first-order valence-electron chi connectivity index (χ1n) is 25.3. The van der Waals surface area contributed by atoms with Crippen LogP contribution >= 0.6 is 0 Å². The smallest absolute Gasteiger partial charge is 0.149 e. The minimum absolute atomic E-state index is 0.0225. The van der Waals surface area contributed by atoms with Gasteiger partial charge in [-0.15, -0.1) is 0 Å². The zero-order valence-corrected chi connectivity index (χ0v) is 35.0. The summed E-state index contributed by atoms with van der Waals surface area (Å²) in [5, 5.41) is 0. The van der Waals surface area contributed by atoms with Crippen LogP contribution in [0.3, 0.4) is 0 Å². The number of pyridine rings is 1. The van der Waals surface area contributed by atoms with Crippen LogP contribution in [0.4, 0.5) is 0 Å². The summed E-state index contributed by atoms with van der Waals surface area (Å²) in [6.07, 6.45) is 1.55. The number of hydrogen-bond acceptors (Lipinski definition) is 3. The Morgan fingerprint density at radius 3 is 1.98 bits per heavy atom. The average Bonchev–Trinajstić information content (AvgIpc) is 3.72. The van der Waals surface area contributed by atoms with Gasteiger partial charge in [0.2, 0.25) is 0 Å². The Kier molecular flexibility index (Phi) is 7.60. The van der Waals surface area contributed by atoms with Crippen LogP contribution in [0.2, 0.25) is 0 Å². The lowest BCUT2D eigenvalue weighted by molar-refractivity contribution is 0.413. The van der Waals surface area contributed by atoms with Gasteiger partial charge in [-0.25, -0.2) is 4.98 Å². The number of ether oxygens (including phenoxy) is 1. The van der Waals surface area contributed by atoms with Crippen LogP contribution < -0.4 is 4.74 Å². The molecule has 9 rings (SSSR count). The summed E-state index contributed by atoms with van der Waals surface area (Å²) in [5.74, 6) is 1.23. The predicted octanol–water partition coefficient (Wildman–Crippen LogP) is 15.0. The maximum Gasteiger partial charge on any atom is 0.149 e. The van der Waals surface area contributed by atoms with Gasteiger partial charge in [0.05, 0.1) is 40.6 Å². The lowest BCUT2D eigenvalue weighted by atomic mass is 9.83. The van der Waals surface area contributed by atoms with Crippen LogP contribution in [0.25, 0.3) is 83.9 Å². The van der Waals surface area contributed by atoms with Crippen molar-refractivity contribution in [1.29, 1.82) is 0 Å². The highest BCUT2D eigenvalue weighted by atomic mass is 16.5. The third kappa shape index (κ3) is 7.55. The van der Waals surface area contributed by atoms with Gasteiger partial charge in [-0.3, -0.25) is 9.55 Å². The SMILES string of the molecule is [2H]c1c([2H])c(C([2H])([2H])[2H])c([2H])c([2H])c1-c1ccnc(-c2cc(-c3cccc4c3nc(-c3cc(C)cc(C)c3OC)n4-c3cc(-c4ccccc4)c(C([2H])([2H])[2H])cc3-c3ccccc3)cc(C(C)(C)C)c2)c1. The Hall–Kier alpha value is -7.04. The van der Waals surface area contributed by atoms with Gasteiger partial charge in [0.1, 0.15) is 11.6 Å². The van der Waals surface area contributed by atoms with Crippen molar-refractivity contribution in [3.63, 3.8) is 0 Å². The molecule has 0 saturated carbocycles. The lowest BCUT2D eigenvalue weighted by Gasteiger charge is -2.22. The first kappa shape index (κ1) is 29.2. The maximum atomic E-state index is 8.85. The topological polar surface area (TPSA) is 39.9 Å². The van der Waals surface area contributed by atoms with Crippen LogP contribution in [0.15, 0.2) is 164 Å². The Balaban J connectivity index is 1.35. The summed E-state index contributed by atoms with van der Waals surface area (Å²) in [4.78, 5) is 10.3. The van der Waals surface area contributed by atoms with Crippen molar-refractivity contribution in [2.75, 3.05) is 7.11 Å². The largest absolute Gasteiger partial charge is 0.496 e.